The van der Waals surface area contributed by atoms with Crippen molar-refractivity contribution in [2.75, 3.05) is 18.5 Å². The molecular weight excluding hydrogens is 334 g/mol. The molecule has 0 aliphatic rings. The van der Waals surface area contributed by atoms with E-state index in [1.807, 2.05) is 43.3 Å². The van der Waals surface area contributed by atoms with Crippen LogP contribution >= 0.6 is 0 Å². The third-order valence-electron chi connectivity index (χ3n) is 3.76. The van der Waals surface area contributed by atoms with Gasteiger partial charge < -0.3 is 19.4 Å². The molecule has 2 aromatic carbocycles. The van der Waals surface area contributed by atoms with Crippen LogP contribution < -0.4 is 10.1 Å². The number of rotatable bonds is 10. The van der Waals surface area contributed by atoms with E-state index in [1.54, 1.807) is 12.1 Å². The second-order valence-electron chi connectivity index (χ2n) is 5.70. The van der Waals surface area contributed by atoms with Gasteiger partial charge in [-0.05, 0) is 42.3 Å². The molecule has 2 N–H and O–H groups in total. The molecule has 0 fully saturated rings. The van der Waals surface area contributed by atoms with Gasteiger partial charge in [0.1, 0.15) is 18.1 Å². The molecule has 0 aromatic heterocycles. The molecule has 0 aliphatic heterocycles. The van der Waals surface area contributed by atoms with Crippen molar-refractivity contribution >= 4 is 18.1 Å². The van der Waals surface area contributed by atoms with E-state index in [2.05, 4.69) is 5.32 Å². The second kappa shape index (κ2) is 10.2. The lowest BCUT2D eigenvalue weighted by molar-refractivity contribution is -0.117. The zero-order valence-corrected chi connectivity index (χ0v) is 14.7. The summed E-state index contributed by atoms with van der Waals surface area (Å²) >= 11 is 0. The lowest BCUT2D eigenvalue weighted by Gasteiger charge is -2.11. The fraction of sp³-hybridized carbons (Fsp3) is 0.300. The number of aldehydes is 1. The summed E-state index contributed by atoms with van der Waals surface area (Å²) in [5, 5.41) is 11.0. The van der Waals surface area contributed by atoms with Gasteiger partial charge in [0.2, 0.25) is 0 Å². The zero-order chi connectivity index (χ0) is 18.8. The Morgan fingerprint density at radius 2 is 1.77 bits per heavy atom. The predicted molar refractivity (Wildman–Crippen MR) is 98.9 cm³/mol. The van der Waals surface area contributed by atoms with Gasteiger partial charge >= 0.3 is 6.09 Å². The van der Waals surface area contributed by atoms with Gasteiger partial charge in [-0.1, -0.05) is 24.3 Å². The highest BCUT2D eigenvalue weighted by Gasteiger charge is 2.08. The summed E-state index contributed by atoms with van der Waals surface area (Å²) in [5.41, 5.74) is 2.62. The van der Waals surface area contributed by atoms with Gasteiger partial charge in [0.25, 0.3) is 0 Å². The minimum atomic E-state index is -1.08. The summed E-state index contributed by atoms with van der Waals surface area (Å²) in [6.07, 6.45) is 0.599. The lowest BCUT2D eigenvalue weighted by Crippen LogP contribution is -2.17. The Morgan fingerprint density at radius 1 is 1.12 bits per heavy atom. The quantitative estimate of drug-likeness (QED) is 0.635. The van der Waals surface area contributed by atoms with E-state index >= 15 is 0 Å². The number of carbonyl (C=O) groups is 2. The average Bonchev–Trinajstić information content (AvgIpc) is 2.64. The Hall–Kier alpha value is -2.86. The normalized spacial score (nSPS) is 11.6. The van der Waals surface area contributed by atoms with Crippen LogP contribution in [0.2, 0.25) is 0 Å². The molecule has 2 aromatic rings. The summed E-state index contributed by atoms with van der Waals surface area (Å²) in [6.45, 7) is 2.89. The number of hydrogen-bond acceptors (Lipinski definition) is 4. The summed E-state index contributed by atoms with van der Waals surface area (Å²) in [5.74, 6) is 0.761. The highest BCUT2D eigenvalue weighted by Crippen LogP contribution is 2.15. The van der Waals surface area contributed by atoms with E-state index in [-0.39, 0.29) is 0 Å². The summed E-state index contributed by atoms with van der Waals surface area (Å²) in [4.78, 5) is 21.5. The van der Waals surface area contributed by atoms with Crippen LogP contribution in [0, 0.1) is 0 Å². The fourth-order valence-corrected chi connectivity index (χ4v) is 2.48. The van der Waals surface area contributed by atoms with Crippen LogP contribution in [0.4, 0.5) is 10.5 Å². The van der Waals surface area contributed by atoms with Gasteiger partial charge in [0.05, 0.1) is 6.61 Å². The summed E-state index contributed by atoms with van der Waals surface area (Å²) < 4.78 is 11.1. The largest absolute Gasteiger partial charge is 0.493 e. The molecule has 26 heavy (non-hydrogen) atoms. The average molecular weight is 357 g/mol. The molecule has 6 heteroatoms. The molecule has 0 spiro atoms. The summed E-state index contributed by atoms with van der Waals surface area (Å²) in [6, 6.07) is 14.8. The van der Waals surface area contributed by atoms with Crippen molar-refractivity contribution in [2.24, 2.45) is 0 Å². The van der Waals surface area contributed by atoms with E-state index in [0.29, 0.717) is 31.7 Å². The molecular formula is C20H23NO5. The van der Waals surface area contributed by atoms with Gasteiger partial charge in [0.15, 0.2) is 0 Å². The molecule has 0 aliphatic carbocycles. The van der Waals surface area contributed by atoms with E-state index in [4.69, 9.17) is 14.6 Å². The molecule has 0 bridgehead atoms. The van der Waals surface area contributed by atoms with E-state index < -0.39 is 12.2 Å². The number of ether oxygens (including phenoxy) is 2. The Labute approximate surface area is 152 Å². The first kappa shape index (κ1) is 19.5. The number of hydrogen-bond donors (Lipinski definition) is 2. The molecule has 1 atom stereocenters. The number of carboxylic acid groups (broad SMARTS) is 1. The molecule has 0 radical (unpaired) electrons. The van der Waals surface area contributed by atoms with Crippen LogP contribution in [-0.2, 0) is 22.4 Å². The highest BCUT2D eigenvalue weighted by atomic mass is 16.5. The number of benzene rings is 2. The molecule has 0 saturated heterocycles. The van der Waals surface area contributed by atoms with Gasteiger partial charge in [0, 0.05) is 25.1 Å². The third kappa shape index (κ3) is 6.57. The number of anilines is 1. The first-order chi connectivity index (χ1) is 12.6. The van der Waals surface area contributed by atoms with Crippen LogP contribution in [0.5, 0.6) is 5.75 Å². The SMILES string of the molecule is CCO[C@H](C=O)Cc1ccc(OCCc2ccc(NC(=O)O)cc2)cc1. The van der Waals surface area contributed by atoms with Gasteiger partial charge in [-0.15, -0.1) is 0 Å². The van der Waals surface area contributed by atoms with Crippen molar-refractivity contribution in [1.29, 1.82) is 0 Å². The number of nitrogens with one attached hydrogen (secondary N) is 1. The van der Waals surface area contributed by atoms with Gasteiger partial charge in [-0.3, -0.25) is 5.32 Å². The van der Waals surface area contributed by atoms with Crippen molar-refractivity contribution in [1.82, 2.24) is 0 Å². The topological polar surface area (TPSA) is 84.9 Å². The van der Waals surface area contributed by atoms with Crippen molar-refractivity contribution < 1.29 is 24.2 Å². The van der Waals surface area contributed by atoms with Gasteiger partial charge in [-0.25, -0.2) is 4.79 Å². The molecule has 0 saturated carbocycles. The van der Waals surface area contributed by atoms with Crippen LogP contribution in [0.3, 0.4) is 0 Å². The van der Waals surface area contributed by atoms with Crippen molar-refractivity contribution in [3.05, 3.63) is 59.7 Å². The molecule has 1 amide bonds. The maximum atomic E-state index is 10.9. The van der Waals surface area contributed by atoms with Crippen molar-refractivity contribution in [3.8, 4) is 5.75 Å². The minimum absolute atomic E-state index is 0.412. The molecule has 0 heterocycles. The second-order valence-corrected chi connectivity index (χ2v) is 5.70. The Bertz CT molecular complexity index is 697. The molecule has 138 valence electrons. The maximum Gasteiger partial charge on any atom is 0.409 e. The van der Waals surface area contributed by atoms with Crippen molar-refractivity contribution in [2.45, 2.75) is 25.9 Å². The van der Waals surface area contributed by atoms with Crippen LogP contribution in [-0.4, -0.2) is 36.8 Å². The maximum absolute atomic E-state index is 10.9. The molecule has 2 rings (SSSR count). The molecule has 6 nitrogen and oxygen atoms in total. The number of amides is 1. The van der Waals surface area contributed by atoms with Crippen LogP contribution in [0.25, 0.3) is 0 Å². The predicted octanol–water partition coefficient (Wildman–Crippen LogP) is 3.54. The van der Waals surface area contributed by atoms with E-state index in [1.165, 1.54) is 0 Å². The first-order valence-electron chi connectivity index (χ1n) is 8.48. The smallest absolute Gasteiger partial charge is 0.409 e. The fourth-order valence-electron chi connectivity index (χ4n) is 2.48. The van der Waals surface area contributed by atoms with Crippen LogP contribution in [0.15, 0.2) is 48.5 Å². The Balaban J connectivity index is 1.79. The highest BCUT2D eigenvalue weighted by molar-refractivity contribution is 5.82. The van der Waals surface area contributed by atoms with Crippen LogP contribution in [0.1, 0.15) is 18.1 Å². The first-order valence-corrected chi connectivity index (χ1v) is 8.48. The summed E-state index contributed by atoms with van der Waals surface area (Å²) in [7, 11) is 0. The molecule has 0 unspecified atom stereocenters. The van der Waals surface area contributed by atoms with Crippen molar-refractivity contribution in [3.63, 3.8) is 0 Å². The number of carbonyl (C=O) groups excluding carboxylic acids is 1. The van der Waals surface area contributed by atoms with Gasteiger partial charge in [-0.2, -0.15) is 0 Å². The van der Waals surface area contributed by atoms with E-state index in [9.17, 15) is 9.59 Å². The standard InChI is InChI=1S/C20H23NO5/c1-2-25-19(14-22)13-16-5-9-18(10-6-16)26-12-11-15-3-7-17(8-4-15)21-20(23)24/h3-10,14,19,21H,2,11-13H2,1H3,(H,23,24)/t19-/m0/s1. The third-order valence-corrected chi connectivity index (χ3v) is 3.76. The Morgan fingerprint density at radius 3 is 2.35 bits per heavy atom. The monoisotopic (exact) mass is 357 g/mol. The van der Waals surface area contributed by atoms with E-state index in [0.717, 1.165) is 23.2 Å². The Kier molecular flexibility index (Phi) is 7.64. The lowest BCUT2D eigenvalue weighted by atomic mass is 10.1. The minimum Gasteiger partial charge on any atom is -0.493 e. The zero-order valence-electron chi connectivity index (χ0n) is 14.7.